The standard InChI is InChI=1S/C11H10INO2/c12-8-4-1-2-5-9(8)13-10(14)6-3-7-11(13)15/h1-2,4-5H,3,6-7H2. The highest BCUT2D eigenvalue weighted by atomic mass is 127. The summed E-state index contributed by atoms with van der Waals surface area (Å²) in [7, 11) is 0. The first-order valence-corrected chi connectivity index (χ1v) is 5.88. The van der Waals surface area contributed by atoms with Crippen molar-refractivity contribution in [3.8, 4) is 0 Å². The van der Waals surface area contributed by atoms with Gasteiger partial charge in [-0.25, -0.2) is 4.90 Å². The second-order valence-electron chi connectivity index (χ2n) is 3.43. The summed E-state index contributed by atoms with van der Waals surface area (Å²) in [6.45, 7) is 0. The minimum Gasteiger partial charge on any atom is -0.274 e. The molecule has 0 radical (unpaired) electrons. The van der Waals surface area contributed by atoms with Gasteiger partial charge < -0.3 is 0 Å². The maximum atomic E-state index is 11.7. The number of halogens is 1. The second kappa shape index (κ2) is 4.30. The average Bonchev–Trinajstić information content (AvgIpc) is 2.20. The van der Waals surface area contributed by atoms with Crippen molar-refractivity contribution in [2.75, 3.05) is 4.90 Å². The van der Waals surface area contributed by atoms with Crippen LogP contribution in [0.15, 0.2) is 24.3 Å². The first-order valence-electron chi connectivity index (χ1n) is 4.80. The van der Waals surface area contributed by atoms with Crippen LogP contribution in [0.3, 0.4) is 0 Å². The Bertz CT molecular complexity index is 401. The van der Waals surface area contributed by atoms with Crippen LogP contribution in [0.2, 0.25) is 0 Å². The third kappa shape index (κ3) is 2.04. The van der Waals surface area contributed by atoms with Gasteiger partial charge in [0.25, 0.3) is 0 Å². The topological polar surface area (TPSA) is 37.4 Å². The molecule has 0 atom stereocenters. The predicted octanol–water partition coefficient (Wildman–Crippen LogP) is 2.33. The largest absolute Gasteiger partial charge is 0.274 e. The molecule has 1 aromatic carbocycles. The van der Waals surface area contributed by atoms with Crippen LogP contribution in [-0.4, -0.2) is 11.8 Å². The van der Waals surface area contributed by atoms with E-state index in [9.17, 15) is 9.59 Å². The van der Waals surface area contributed by atoms with E-state index in [1.165, 1.54) is 4.90 Å². The van der Waals surface area contributed by atoms with E-state index < -0.39 is 0 Å². The Kier molecular flexibility index (Phi) is 3.04. The van der Waals surface area contributed by atoms with Gasteiger partial charge in [-0.15, -0.1) is 0 Å². The molecular weight excluding hydrogens is 305 g/mol. The van der Waals surface area contributed by atoms with Crippen molar-refractivity contribution in [3.05, 3.63) is 27.8 Å². The van der Waals surface area contributed by atoms with Crippen LogP contribution in [-0.2, 0) is 9.59 Å². The van der Waals surface area contributed by atoms with E-state index in [0.717, 1.165) is 3.57 Å². The fourth-order valence-electron chi connectivity index (χ4n) is 1.66. The van der Waals surface area contributed by atoms with Gasteiger partial charge in [0, 0.05) is 16.4 Å². The lowest BCUT2D eigenvalue weighted by Gasteiger charge is -2.25. The molecule has 1 aliphatic rings. The zero-order chi connectivity index (χ0) is 10.8. The van der Waals surface area contributed by atoms with Gasteiger partial charge in [0.1, 0.15) is 0 Å². The van der Waals surface area contributed by atoms with Gasteiger partial charge in [0.05, 0.1) is 5.69 Å². The third-order valence-corrected chi connectivity index (χ3v) is 3.29. The molecule has 1 saturated heterocycles. The Hall–Kier alpha value is -0.910. The van der Waals surface area contributed by atoms with E-state index in [1.54, 1.807) is 0 Å². The van der Waals surface area contributed by atoms with E-state index in [2.05, 4.69) is 22.6 Å². The van der Waals surface area contributed by atoms with Crippen molar-refractivity contribution < 1.29 is 9.59 Å². The molecule has 2 amide bonds. The quantitative estimate of drug-likeness (QED) is 0.589. The lowest BCUT2D eigenvalue weighted by atomic mass is 10.1. The molecule has 0 N–H and O–H groups in total. The SMILES string of the molecule is O=C1CCCC(=O)N1c1ccccc1I. The zero-order valence-electron chi connectivity index (χ0n) is 8.07. The van der Waals surface area contributed by atoms with Crippen molar-refractivity contribution in [1.29, 1.82) is 0 Å². The summed E-state index contributed by atoms with van der Waals surface area (Å²) in [5, 5.41) is 0. The monoisotopic (exact) mass is 315 g/mol. The van der Waals surface area contributed by atoms with E-state index in [-0.39, 0.29) is 11.8 Å². The van der Waals surface area contributed by atoms with Gasteiger partial charge >= 0.3 is 0 Å². The summed E-state index contributed by atoms with van der Waals surface area (Å²) in [5.41, 5.74) is 0.716. The molecule has 1 aliphatic heterocycles. The maximum absolute atomic E-state index is 11.7. The lowest BCUT2D eigenvalue weighted by Crippen LogP contribution is -2.40. The minimum absolute atomic E-state index is 0.0876. The van der Waals surface area contributed by atoms with Crippen molar-refractivity contribution in [1.82, 2.24) is 0 Å². The summed E-state index contributed by atoms with van der Waals surface area (Å²) in [6, 6.07) is 7.44. The highest BCUT2D eigenvalue weighted by Gasteiger charge is 2.28. The van der Waals surface area contributed by atoms with E-state index in [1.807, 2.05) is 24.3 Å². The van der Waals surface area contributed by atoms with Crippen LogP contribution in [0.25, 0.3) is 0 Å². The van der Waals surface area contributed by atoms with Crippen molar-refractivity contribution in [2.45, 2.75) is 19.3 Å². The van der Waals surface area contributed by atoms with Crippen LogP contribution in [0.1, 0.15) is 19.3 Å². The number of nitrogens with zero attached hydrogens (tertiary/aromatic N) is 1. The number of hydrogen-bond acceptors (Lipinski definition) is 2. The summed E-state index contributed by atoms with van der Waals surface area (Å²) in [4.78, 5) is 24.6. The number of amides is 2. The number of para-hydroxylation sites is 1. The Balaban J connectivity index is 2.40. The lowest BCUT2D eigenvalue weighted by molar-refractivity contribution is -0.129. The van der Waals surface area contributed by atoms with Crippen LogP contribution >= 0.6 is 22.6 Å². The van der Waals surface area contributed by atoms with Crippen molar-refractivity contribution in [2.24, 2.45) is 0 Å². The molecule has 1 aromatic rings. The molecule has 1 fully saturated rings. The molecule has 3 nitrogen and oxygen atoms in total. The smallest absolute Gasteiger partial charge is 0.233 e. The molecule has 0 saturated carbocycles. The molecule has 78 valence electrons. The summed E-state index contributed by atoms with van der Waals surface area (Å²) in [5.74, 6) is -0.175. The Morgan fingerprint density at radius 2 is 1.67 bits per heavy atom. The first-order chi connectivity index (χ1) is 7.20. The molecule has 2 rings (SSSR count). The van der Waals surface area contributed by atoms with E-state index in [0.29, 0.717) is 24.9 Å². The van der Waals surface area contributed by atoms with Crippen molar-refractivity contribution in [3.63, 3.8) is 0 Å². The summed E-state index contributed by atoms with van der Waals surface area (Å²) < 4.78 is 0.929. The van der Waals surface area contributed by atoms with Gasteiger partial charge in [0.15, 0.2) is 0 Å². The number of benzene rings is 1. The maximum Gasteiger partial charge on any atom is 0.233 e. The van der Waals surface area contributed by atoms with E-state index >= 15 is 0 Å². The van der Waals surface area contributed by atoms with Crippen LogP contribution in [0.5, 0.6) is 0 Å². The van der Waals surface area contributed by atoms with Crippen LogP contribution in [0, 0.1) is 3.57 Å². The molecular formula is C11H10INO2. The number of anilines is 1. The molecule has 0 bridgehead atoms. The van der Waals surface area contributed by atoms with Crippen LogP contribution in [0.4, 0.5) is 5.69 Å². The van der Waals surface area contributed by atoms with Crippen molar-refractivity contribution >= 4 is 40.1 Å². The Labute approximate surface area is 102 Å². The second-order valence-corrected chi connectivity index (χ2v) is 4.59. The highest BCUT2D eigenvalue weighted by molar-refractivity contribution is 14.1. The molecule has 15 heavy (non-hydrogen) atoms. The van der Waals surface area contributed by atoms with E-state index in [4.69, 9.17) is 0 Å². The number of hydrogen-bond donors (Lipinski definition) is 0. The number of piperidine rings is 1. The van der Waals surface area contributed by atoms with Gasteiger partial charge in [0.2, 0.25) is 11.8 Å². The fourth-order valence-corrected chi connectivity index (χ4v) is 2.28. The molecule has 0 spiro atoms. The van der Waals surface area contributed by atoms with Gasteiger partial charge in [-0.2, -0.15) is 0 Å². The Morgan fingerprint density at radius 3 is 2.27 bits per heavy atom. The number of carbonyl (C=O) groups excluding carboxylic acids is 2. The Morgan fingerprint density at radius 1 is 1.07 bits per heavy atom. The molecule has 0 aromatic heterocycles. The van der Waals surface area contributed by atoms with Crippen LogP contribution < -0.4 is 4.90 Å². The van der Waals surface area contributed by atoms with Gasteiger partial charge in [-0.1, -0.05) is 12.1 Å². The third-order valence-electron chi connectivity index (χ3n) is 2.37. The average molecular weight is 315 g/mol. The summed E-state index contributed by atoms with van der Waals surface area (Å²) in [6.07, 6.45) is 1.62. The van der Waals surface area contributed by atoms with Gasteiger partial charge in [-0.05, 0) is 41.1 Å². The molecule has 0 unspecified atom stereocenters. The van der Waals surface area contributed by atoms with Gasteiger partial charge in [-0.3, -0.25) is 9.59 Å². The minimum atomic E-state index is -0.0876. The predicted molar refractivity (Wildman–Crippen MR) is 65.5 cm³/mol. The summed E-state index contributed by atoms with van der Waals surface area (Å²) >= 11 is 2.14. The normalized spacial score (nSPS) is 17.0. The number of imide groups is 1. The molecule has 1 heterocycles. The molecule has 4 heteroatoms. The number of rotatable bonds is 1. The highest BCUT2D eigenvalue weighted by Crippen LogP contribution is 2.26. The molecule has 0 aliphatic carbocycles. The fraction of sp³-hybridized carbons (Fsp3) is 0.273. The zero-order valence-corrected chi connectivity index (χ0v) is 10.2. The first kappa shape index (κ1) is 10.6. The number of carbonyl (C=O) groups is 2.